The highest BCUT2D eigenvalue weighted by Gasteiger charge is 2.39. The van der Waals surface area contributed by atoms with Crippen molar-refractivity contribution < 1.29 is 19.1 Å². The average Bonchev–Trinajstić information content (AvgIpc) is 3.35. The van der Waals surface area contributed by atoms with Crippen LogP contribution in [0.2, 0.25) is 0 Å². The topological polar surface area (TPSA) is 143 Å². The molecule has 3 N–H and O–H groups in total. The van der Waals surface area contributed by atoms with Crippen molar-refractivity contribution in [1.29, 1.82) is 0 Å². The number of piperidine rings is 2. The molecule has 11 nitrogen and oxygen atoms in total. The highest BCUT2D eigenvalue weighted by Crippen LogP contribution is 2.30. The van der Waals surface area contributed by atoms with E-state index in [9.17, 15) is 14.4 Å². The summed E-state index contributed by atoms with van der Waals surface area (Å²) in [6.45, 7) is 3.78. The molecule has 0 spiro atoms. The number of rotatable bonds is 9. The summed E-state index contributed by atoms with van der Waals surface area (Å²) < 4.78 is 6.01. The van der Waals surface area contributed by atoms with Crippen LogP contribution < -0.4 is 15.8 Å². The normalized spacial score (nSPS) is 20.2. The second-order valence-corrected chi connectivity index (χ2v) is 11.1. The van der Waals surface area contributed by atoms with Crippen molar-refractivity contribution >= 4 is 40.5 Å². The maximum absolute atomic E-state index is 12.9. The lowest BCUT2D eigenvalue weighted by Gasteiger charge is -2.30. The number of hydrogen-bond acceptors (Lipinski definition) is 9. The largest absolute Gasteiger partial charge is 0.494 e. The summed E-state index contributed by atoms with van der Waals surface area (Å²) in [4.78, 5) is 54.6. The second-order valence-electron chi connectivity index (χ2n) is 11.1. The van der Waals surface area contributed by atoms with E-state index in [1.54, 1.807) is 17.2 Å². The summed E-state index contributed by atoms with van der Waals surface area (Å²) in [5.41, 5.74) is 10.5. The van der Waals surface area contributed by atoms with Crippen molar-refractivity contribution in [1.82, 2.24) is 25.1 Å². The number of nitrogens with two attached hydrogens (primary N) is 1. The van der Waals surface area contributed by atoms with Crippen molar-refractivity contribution in [2.45, 2.75) is 50.7 Å². The highest BCUT2D eigenvalue weighted by atomic mass is 16.5. The monoisotopic (exact) mass is 581 g/mol. The first-order valence-corrected chi connectivity index (χ1v) is 14.8. The van der Waals surface area contributed by atoms with E-state index in [-0.39, 0.29) is 24.3 Å². The molecule has 1 aromatic heterocycles. The van der Waals surface area contributed by atoms with Gasteiger partial charge in [-0.25, -0.2) is 4.98 Å². The third kappa shape index (κ3) is 6.41. The zero-order valence-electron chi connectivity index (χ0n) is 23.9. The molecule has 11 heteroatoms. The Morgan fingerprint density at radius 2 is 1.91 bits per heavy atom. The van der Waals surface area contributed by atoms with Gasteiger partial charge in [0.25, 0.3) is 5.91 Å². The molecule has 3 aliphatic rings. The summed E-state index contributed by atoms with van der Waals surface area (Å²) in [6.07, 6.45) is 8.51. The van der Waals surface area contributed by atoms with Crippen LogP contribution in [0.1, 0.15) is 53.7 Å². The van der Waals surface area contributed by atoms with Crippen molar-refractivity contribution in [3.05, 3.63) is 71.7 Å². The Labute approximate surface area is 249 Å². The smallest absolute Gasteiger partial charge is 0.255 e. The van der Waals surface area contributed by atoms with Gasteiger partial charge in [-0.15, -0.1) is 0 Å². The van der Waals surface area contributed by atoms with E-state index in [4.69, 9.17) is 15.5 Å². The Bertz CT molecular complexity index is 1600. The van der Waals surface area contributed by atoms with Gasteiger partial charge in [-0.1, -0.05) is 12.1 Å². The molecule has 3 amide bonds. The maximum atomic E-state index is 12.9. The van der Waals surface area contributed by atoms with Gasteiger partial charge in [-0.2, -0.15) is 0 Å². The minimum Gasteiger partial charge on any atom is -0.494 e. The highest BCUT2D eigenvalue weighted by molar-refractivity contribution is 6.09. The lowest BCUT2D eigenvalue weighted by atomic mass is 10.0. The zero-order valence-corrected chi connectivity index (χ0v) is 23.9. The summed E-state index contributed by atoms with van der Waals surface area (Å²) in [5, 5.41) is 2.33. The number of ether oxygens (including phenoxy) is 1. The number of carbonyl (C=O) groups is 3. The number of nitrogens with one attached hydrogen (secondary N) is 1. The number of carbonyl (C=O) groups excluding carboxylic acids is 3. The minimum absolute atomic E-state index is 0.179. The third-order valence-corrected chi connectivity index (χ3v) is 8.29. The second kappa shape index (κ2) is 12.7. The van der Waals surface area contributed by atoms with Crippen molar-refractivity contribution in [3.8, 4) is 5.75 Å². The van der Waals surface area contributed by atoms with Gasteiger partial charge in [-0.3, -0.25) is 29.7 Å². The number of aliphatic imine (C=N–C) groups is 1. The molecule has 2 saturated heterocycles. The number of allylic oxidation sites excluding steroid dienone is 1. The van der Waals surface area contributed by atoms with Gasteiger partial charge in [0.05, 0.1) is 35.6 Å². The number of likely N-dealkylation sites (tertiary alicyclic amines) is 1. The van der Waals surface area contributed by atoms with E-state index >= 15 is 0 Å². The van der Waals surface area contributed by atoms with Crippen LogP contribution in [0.15, 0.2) is 59.9 Å². The molecule has 222 valence electrons. The molecule has 3 aliphatic heterocycles. The molecule has 0 saturated carbocycles. The van der Waals surface area contributed by atoms with E-state index in [2.05, 4.69) is 20.2 Å². The summed E-state index contributed by atoms with van der Waals surface area (Å²) in [6, 6.07) is 12.8. The Balaban J connectivity index is 0.933. The number of amides is 3. The van der Waals surface area contributed by atoms with Crippen molar-refractivity contribution in [2.75, 3.05) is 26.2 Å². The molecule has 2 fully saturated rings. The van der Waals surface area contributed by atoms with Crippen LogP contribution in [0.5, 0.6) is 5.75 Å². The molecule has 0 radical (unpaired) electrons. The first-order valence-electron chi connectivity index (χ1n) is 14.8. The Morgan fingerprint density at radius 3 is 2.70 bits per heavy atom. The predicted molar refractivity (Wildman–Crippen MR) is 162 cm³/mol. The first kappa shape index (κ1) is 28.5. The number of aromatic nitrogens is 2. The molecular formula is C32H35N7O4. The van der Waals surface area contributed by atoms with Gasteiger partial charge in [0, 0.05) is 56.2 Å². The molecule has 4 heterocycles. The number of imide groups is 1. The standard InChI is InChI=1S/C32H35N7O4/c33-17-22(28-19-35-26-4-1-2-5-27(26)36-28)18-34-23-10-13-38(14-11-23)12-3-15-43-24-6-7-25-21(16-24)20-39(32(25)42)29-8-9-30(40)37-31(29)41/h1-2,4-7,16-19,23,29H,3,8-15,20,33H2,(H,37,40,41). The van der Waals surface area contributed by atoms with Crippen molar-refractivity contribution in [2.24, 2.45) is 10.7 Å². The van der Waals surface area contributed by atoms with Crippen LogP contribution in [0.25, 0.3) is 16.6 Å². The molecule has 1 atom stereocenters. The summed E-state index contributed by atoms with van der Waals surface area (Å²) in [5.74, 6) is -0.162. The molecule has 6 rings (SSSR count). The zero-order chi connectivity index (χ0) is 29.8. The molecule has 43 heavy (non-hydrogen) atoms. The van der Waals surface area contributed by atoms with Crippen molar-refractivity contribution in [3.63, 3.8) is 0 Å². The molecular weight excluding hydrogens is 546 g/mol. The minimum atomic E-state index is -0.616. The molecule has 3 aromatic rings. The van der Waals surface area contributed by atoms with Crippen LogP contribution in [-0.4, -0.2) is 82.0 Å². The molecule has 2 aromatic carbocycles. The predicted octanol–water partition coefficient (Wildman–Crippen LogP) is 2.69. The number of hydrogen-bond donors (Lipinski definition) is 2. The van der Waals surface area contributed by atoms with Crippen LogP contribution in [-0.2, 0) is 16.1 Å². The Kier molecular flexibility index (Phi) is 8.41. The quantitative estimate of drug-likeness (QED) is 0.223. The van der Waals surface area contributed by atoms with Gasteiger partial charge >= 0.3 is 0 Å². The lowest BCUT2D eigenvalue weighted by Crippen LogP contribution is -2.52. The first-order chi connectivity index (χ1) is 21.0. The van der Waals surface area contributed by atoms with Gasteiger partial charge in [0.2, 0.25) is 11.8 Å². The fraction of sp³-hybridized carbons (Fsp3) is 0.375. The van der Waals surface area contributed by atoms with E-state index in [0.29, 0.717) is 36.6 Å². The fourth-order valence-corrected chi connectivity index (χ4v) is 5.89. The summed E-state index contributed by atoms with van der Waals surface area (Å²) in [7, 11) is 0. The average molecular weight is 582 g/mol. The molecule has 0 bridgehead atoms. The number of nitrogens with zero attached hydrogens (tertiary/aromatic N) is 5. The van der Waals surface area contributed by atoms with Gasteiger partial charge in [-0.05, 0) is 61.6 Å². The lowest BCUT2D eigenvalue weighted by molar-refractivity contribution is -0.136. The SMILES string of the molecule is NC=C(C=NC1CCN(CCCOc2ccc3c(c2)CN(C2CCC(=O)NC2=O)C3=O)CC1)c1cnc2ccccc2n1. The number of benzene rings is 2. The van der Waals surface area contributed by atoms with E-state index in [1.165, 1.54) is 6.20 Å². The third-order valence-electron chi connectivity index (χ3n) is 8.29. The van der Waals surface area contributed by atoms with Crippen LogP contribution >= 0.6 is 0 Å². The number of fused-ring (bicyclic) bond motifs is 2. The fourth-order valence-electron chi connectivity index (χ4n) is 5.89. The molecule has 1 unspecified atom stereocenters. The van der Waals surface area contributed by atoms with Gasteiger partial charge in [0.1, 0.15) is 11.8 Å². The van der Waals surface area contributed by atoms with Crippen LogP contribution in [0.3, 0.4) is 0 Å². The van der Waals surface area contributed by atoms with E-state index in [1.807, 2.05) is 42.6 Å². The van der Waals surface area contributed by atoms with E-state index in [0.717, 1.165) is 61.1 Å². The van der Waals surface area contributed by atoms with Gasteiger partial charge < -0.3 is 20.3 Å². The molecule has 0 aliphatic carbocycles. The number of para-hydroxylation sites is 2. The van der Waals surface area contributed by atoms with Crippen LogP contribution in [0.4, 0.5) is 0 Å². The van der Waals surface area contributed by atoms with Crippen LogP contribution in [0, 0.1) is 0 Å². The Hall–Kier alpha value is -4.64. The Morgan fingerprint density at radius 1 is 1.09 bits per heavy atom. The summed E-state index contributed by atoms with van der Waals surface area (Å²) >= 11 is 0. The maximum Gasteiger partial charge on any atom is 0.255 e. The van der Waals surface area contributed by atoms with E-state index < -0.39 is 11.9 Å². The van der Waals surface area contributed by atoms with Gasteiger partial charge in [0.15, 0.2) is 0 Å².